The standard InChI is InChI=1S/C20H20N2O3/c1-13(14-7-9-16(25-2)10-8-14)21-19-11-15(12-20(23)24)22-18-6-4-3-5-17(18)19/h3-11,13H,12H2,1-2H3,(H,21,22)(H,23,24). The fourth-order valence-corrected chi connectivity index (χ4v) is 2.80. The molecule has 3 aromatic rings. The van der Waals surface area contributed by atoms with E-state index >= 15 is 0 Å². The molecule has 1 aromatic heterocycles. The lowest BCUT2D eigenvalue weighted by atomic mass is 10.1. The lowest BCUT2D eigenvalue weighted by Crippen LogP contribution is -2.09. The van der Waals surface area contributed by atoms with Gasteiger partial charge in [0.2, 0.25) is 0 Å². The van der Waals surface area contributed by atoms with Crippen molar-refractivity contribution in [3.63, 3.8) is 0 Å². The number of para-hydroxylation sites is 1. The Morgan fingerprint density at radius 3 is 2.60 bits per heavy atom. The number of methoxy groups -OCH3 is 1. The third-order valence-electron chi connectivity index (χ3n) is 4.09. The second-order valence-corrected chi connectivity index (χ2v) is 5.89. The molecular formula is C20H20N2O3. The van der Waals surface area contributed by atoms with E-state index in [1.54, 1.807) is 7.11 Å². The van der Waals surface area contributed by atoms with Crippen LogP contribution in [0.1, 0.15) is 24.2 Å². The maximum Gasteiger partial charge on any atom is 0.309 e. The predicted octanol–water partition coefficient (Wildman–Crippen LogP) is 4.04. The minimum absolute atomic E-state index is 0.0504. The predicted molar refractivity (Wildman–Crippen MR) is 98.1 cm³/mol. The van der Waals surface area contributed by atoms with Crippen LogP contribution in [0.4, 0.5) is 5.69 Å². The molecule has 1 unspecified atom stereocenters. The summed E-state index contributed by atoms with van der Waals surface area (Å²) in [7, 11) is 1.64. The van der Waals surface area contributed by atoms with Crippen LogP contribution in [0.15, 0.2) is 54.6 Å². The molecule has 0 aliphatic carbocycles. The topological polar surface area (TPSA) is 71.5 Å². The molecule has 0 spiro atoms. The zero-order valence-electron chi connectivity index (χ0n) is 14.2. The van der Waals surface area contributed by atoms with Crippen molar-refractivity contribution in [2.75, 3.05) is 12.4 Å². The van der Waals surface area contributed by atoms with Gasteiger partial charge in [-0.05, 0) is 36.8 Å². The lowest BCUT2D eigenvalue weighted by Gasteiger charge is -2.18. The number of nitrogens with zero attached hydrogens (tertiary/aromatic N) is 1. The van der Waals surface area contributed by atoms with Gasteiger partial charge >= 0.3 is 5.97 Å². The Hall–Kier alpha value is -3.08. The number of aliphatic carboxylic acids is 1. The van der Waals surface area contributed by atoms with E-state index in [2.05, 4.69) is 17.2 Å². The molecule has 3 rings (SSSR count). The SMILES string of the molecule is COc1ccc(C(C)Nc2cc(CC(=O)O)nc3ccccc23)cc1. The first kappa shape index (κ1) is 16.8. The molecule has 0 saturated heterocycles. The number of carboxylic acid groups (broad SMARTS) is 1. The Labute approximate surface area is 146 Å². The fraction of sp³-hybridized carbons (Fsp3) is 0.200. The molecule has 0 aliphatic heterocycles. The second-order valence-electron chi connectivity index (χ2n) is 5.89. The van der Waals surface area contributed by atoms with E-state index in [-0.39, 0.29) is 12.5 Å². The monoisotopic (exact) mass is 336 g/mol. The number of nitrogens with one attached hydrogen (secondary N) is 1. The van der Waals surface area contributed by atoms with Crippen LogP contribution in [0.2, 0.25) is 0 Å². The van der Waals surface area contributed by atoms with E-state index in [0.29, 0.717) is 5.69 Å². The molecule has 25 heavy (non-hydrogen) atoms. The van der Waals surface area contributed by atoms with Gasteiger partial charge in [-0.1, -0.05) is 30.3 Å². The summed E-state index contributed by atoms with van der Waals surface area (Å²) in [6.45, 7) is 2.06. The summed E-state index contributed by atoms with van der Waals surface area (Å²) in [6, 6.07) is 17.5. The largest absolute Gasteiger partial charge is 0.497 e. The first-order valence-corrected chi connectivity index (χ1v) is 8.08. The number of ether oxygens (including phenoxy) is 1. The summed E-state index contributed by atoms with van der Waals surface area (Å²) < 4.78 is 5.19. The van der Waals surface area contributed by atoms with Crippen LogP contribution in [0.3, 0.4) is 0 Å². The van der Waals surface area contributed by atoms with Gasteiger partial charge in [0.05, 0.1) is 24.7 Å². The highest BCUT2D eigenvalue weighted by molar-refractivity contribution is 5.92. The molecule has 5 heteroatoms. The van der Waals surface area contributed by atoms with Gasteiger partial charge in [-0.2, -0.15) is 0 Å². The van der Waals surface area contributed by atoms with Gasteiger partial charge in [0.1, 0.15) is 5.75 Å². The Balaban J connectivity index is 1.94. The summed E-state index contributed by atoms with van der Waals surface area (Å²) in [6.07, 6.45) is -0.101. The second kappa shape index (κ2) is 7.21. The highest BCUT2D eigenvalue weighted by Gasteiger charge is 2.12. The van der Waals surface area contributed by atoms with Gasteiger partial charge in [0.25, 0.3) is 0 Å². The number of hydrogen-bond donors (Lipinski definition) is 2. The van der Waals surface area contributed by atoms with Crippen LogP contribution in [0.5, 0.6) is 5.75 Å². The molecule has 0 fully saturated rings. The average Bonchev–Trinajstić information content (AvgIpc) is 2.61. The van der Waals surface area contributed by atoms with E-state index in [1.165, 1.54) is 0 Å². The molecule has 1 atom stereocenters. The maximum atomic E-state index is 11.0. The van der Waals surface area contributed by atoms with Crippen LogP contribution in [0.25, 0.3) is 10.9 Å². The van der Waals surface area contributed by atoms with Crippen molar-refractivity contribution in [3.05, 3.63) is 65.9 Å². The smallest absolute Gasteiger partial charge is 0.309 e. The zero-order chi connectivity index (χ0) is 17.8. The Bertz CT molecular complexity index is 891. The molecule has 0 saturated carbocycles. The van der Waals surface area contributed by atoms with Crippen molar-refractivity contribution in [3.8, 4) is 5.75 Å². The highest BCUT2D eigenvalue weighted by Crippen LogP contribution is 2.28. The summed E-state index contributed by atoms with van der Waals surface area (Å²) in [5.41, 5.74) is 3.31. The van der Waals surface area contributed by atoms with Gasteiger partial charge in [-0.15, -0.1) is 0 Å². The number of carboxylic acids is 1. The van der Waals surface area contributed by atoms with Crippen LogP contribution in [-0.4, -0.2) is 23.2 Å². The number of carbonyl (C=O) groups is 1. The number of pyridine rings is 1. The molecule has 1 heterocycles. The minimum atomic E-state index is -0.892. The van der Waals surface area contributed by atoms with Gasteiger partial charge in [-0.3, -0.25) is 9.78 Å². The van der Waals surface area contributed by atoms with E-state index in [9.17, 15) is 4.79 Å². The first-order chi connectivity index (χ1) is 12.1. The molecule has 2 N–H and O–H groups in total. The van der Waals surface area contributed by atoms with Gasteiger partial charge in [-0.25, -0.2) is 0 Å². The maximum absolute atomic E-state index is 11.0. The third kappa shape index (κ3) is 3.88. The molecular weight excluding hydrogens is 316 g/mol. The van der Waals surface area contributed by atoms with Gasteiger partial charge in [0, 0.05) is 17.1 Å². The van der Waals surface area contributed by atoms with E-state index < -0.39 is 5.97 Å². The van der Waals surface area contributed by atoms with Crippen LogP contribution >= 0.6 is 0 Å². The molecule has 0 aliphatic rings. The molecule has 0 radical (unpaired) electrons. The summed E-state index contributed by atoms with van der Waals surface area (Å²) >= 11 is 0. The van der Waals surface area contributed by atoms with Crippen molar-refractivity contribution in [2.24, 2.45) is 0 Å². The van der Waals surface area contributed by atoms with Crippen molar-refractivity contribution in [1.29, 1.82) is 0 Å². The van der Waals surface area contributed by atoms with Crippen LogP contribution in [-0.2, 0) is 11.2 Å². The first-order valence-electron chi connectivity index (χ1n) is 8.08. The minimum Gasteiger partial charge on any atom is -0.497 e. The lowest BCUT2D eigenvalue weighted by molar-refractivity contribution is -0.136. The quantitative estimate of drug-likeness (QED) is 0.711. The fourth-order valence-electron chi connectivity index (χ4n) is 2.80. The van der Waals surface area contributed by atoms with Crippen molar-refractivity contribution in [2.45, 2.75) is 19.4 Å². The van der Waals surface area contributed by atoms with Crippen molar-refractivity contribution >= 4 is 22.6 Å². The molecule has 5 nitrogen and oxygen atoms in total. The Morgan fingerprint density at radius 1 is 1.20 bits per heavy atom. The van der Waals surface area contributed by atoms with E-state index in [4.69, 9.17) is 9.84 Å². The van der Waals surface area contributed by atoms with Crippen molar-refractivity contribution < 1.29 is 14.6 Å². The Kier molecular flexibility index (Phi) is 4.84. The number of anilines is 1. The highest BCUT2D eigenvalue weighted by atomic mass is 16.5. The summed E-state index contributed by atoms with van der Waals surface area (Å²) in [5, 5.41) is 13.5. The Morgan fingerprint density at radius 2 is 1.92 bits per heavy atom. The van der Waals surface area contributed by atoms with Gasteiger partial charge < -0.3 is 15.2 Å². The average molecular weight is 336 g/mol. The molecule has 2 aromatic carbocycles. The number of hydrogen-bond acceptors (Lipinski definition) is 4. The summed E-state index contributed by atoms with van der Waals surface area (Å²) in [4.78, 5) is 15.5. The number of fused-ring (bicyclic) bond motifs is 1. The number of aromatic nitrogens is 1. The normalized spacial score (nSPS) is 11.9. The molecule has 128 valence electrons. The van der Waals surface area contributed by atoms with Crippen LogP contribution < -0.4 is 10.1 Å². The van der Waals surface area contributed by atoms with Gasteiger partial charge in [0.15, 0.2) is 0 Å². The van der Waals surface area contributed by atoms with Crippen molar-refractivity contribution in [1.82, 2.24) is 4.98 Å². The molecule has 0 amide bonds. The third-order valence-corrected chi connectivity index (χ3v) is 4.09. The summed E-state index contributed by atoms with van der Waals surface area (Å²) in [5.74, 6) is -0.0778. The number of benzene rings is 2. The zero-order valence-corrected chi connectivity index (χ0v) is 14.2. The van der Waals surface area contributed by atoms with E-state index in [1.807, 2.05) is 54.6 Å². The van der Waals surface area contributed by atoms with Crippen LogP contribution in [0, 0.1) is 0 Å². The number of rotatable bonds is 6. The molecule has 0 bridgehead atoms. The van der Waals surface area contributed by atoms with E-state index in [0.717, 1.165) is 27.9 Å².